The summed E-state index contributed by atoms with van der Waals surface area (Å²) in [6, 6.07) is -1.10. The predicted octanol–water partition coefficient (Wildman–Crippen LogP) is 1.44. The average molecular weight is 265 g/mol. The van der Waals surface area contributed by atoms with E-state index in [1.54, 1.807) is 20.8 Å². The van der Waals surface area contributed by atoms with E-state index in [0.29, 0.717) is 12.8 Å². The number of carboxylic acid groups (broad SMARTS) is 1. The maximum Gasteiger partial charge on any atom is 0.327 e. The van der Waals surface area contributed by atoms with Crippen molar-refractivity contribution in [3.63, 3.8) is 0 Å². The molecule has 2 rings (SSSR count). The number of carbonyl (C=O) groups excluding carboxylic acids is 2. The second-order valence-electron chi connectivity index (χ2n) is 6.31. The standard InChI is InChI=1S/C14H19NO4/c1-14(2,3)10(13(18)19)15-11(16)8-6-4-5-7-9(8)12(15)17/h4-5,8-10H,6-7H2,1-3H3,(H,18,19). The van der Waals surface area contributed by atoms with Crippen LogP contribution >= 0.6 is 0 Å². The highest BCUT2D eigenvalue weighted by Crippen LogP contribution is 2.39. The lowest BCUT2D eigenvalue weighted by Crippen LogP contribution is -2.52. The Morgan fingerprint density at radius 1 is 1.21 bits per heavy atom. The number of hydrogen-bond acceptors (Lipinski definition) is 3. The second kappa shape index (κ2) is 4.47. The van der Waals surface area contributed by atoms with Crippen molar-refractivity contribution in [3.05, 3.63) is 12.2 Å². The number of carbonyl (C=O) groups is 3. The lowest BCUT2D eigenvalue weighted by Gasteiger charge is -2.33. The number of likely N-dealkylation sites (tertiary alicyclic amines) is 1. The Balaban J connectivity index is 2.37. The molecule has 5 heteroatoms. The van der Waals surface area contributed by atoms with Gasteiger partial charge in [0, 0.05) is 0 Å². The van der Waals surface area contributed by atoms with Gasteiger partial charge in [0.1, 0.15) is 6.04 Å². The third-order valence-corrected chi connectivity index (χ3v) is 3.85. The number of imide groups is 1. The molecule has 104 valence electrons. The summed E-state index contributed by atoms with van der Waals surface area (Å²) in [7, 11) is 0. The number of carboxylic acids is 1. The lowest BCUT2D eigenvalue weighted by atomic mass is 9.85. The Kier molecular flexibility index (Phi) is 3.24. The third kappa shape index (κ3) is 2.17. The summed E-state index contributed by atoms with van der Waals surface area (Å²) in [5.74, 6) is -2.53. The summed E-state index contributed by atoms with van der Waals surface area (Å²) in [6.45, 7) is 5.19. The van der Waals surface area contributed by atoms with Crippen molar-refractivity contribution >= 4 is 17.8 Å². The maximum absolute atomic E-state index is 12.4. The van der Waals surface area contributed by atoms with Gasteiger partial charge in [-0.3, -0.25) is 14.5 Å². The maximum atomic E-state index is 12.4. The first kappa shape index (κ1) is 13.8. The predicted molar refractivity (Wildman–Crippen MR) is 68.1 cm³/mol. The number of hydrogen-bond donors (Lipinski definition) is 1. The summed E-state index contributed by atoms with van der Waals surface area (Å²) in [4.78, 5) is 37.2. The van der Waals surface area contributed by atoms with E-state index in [1.165, 1.54) is 0 Å². The number of nitrogens with zero attached hydrogens (tertiary/aromatic N) is 1. The molecule has 0 aromatic carbocycles. The molecule has 2 amide bonds. The van der Waals surface area contributed by atoms with Gasteiger partial charge in [0.15, 0.2) is 0 Å². The first-order valence-electron chi connectivity index (χ1n) is 6.50. The first-order valence-corrected chi connectivity index (χ1v) is 6.50. The largest absolute Gasteiger partial charge is 0.480 e. The summed E-state index contributed by atoms with van der Waals surface area (Å²) in [5, 5.41) is 9.38. The second-order valence-corrected chi connectivity index (χ2v) is 6.31. The van der Waals surface area contributed by atoms with E-state index < -0.39 is 17.4 Å². The van der Waals surface area contributed by atoms with Gasteiger partial charge >= 0.3 is 5.97 Å². The molecule has 1 aliphatic heterocycles. The van der Waals surface area contributed by atoms with Gasteiger partial charge in [-0.1, -0.05) is 32.9 Å². The van der Waals surface area contributed by atoms with Crippen molar-refractivity contribution in [2.45, 2.75) is 39.7 Å². The quantitative estimate of drug-likeness (QED) is 0.605. The van der Waals surface area contributed by atoms with Crippen molar-refractivity contribution in [1.82, 2.24) is 4.90 Å². The minimum Gasteiger partial charge on any atom is -0.480 e. The van der Waals surface area contributed by atoms with Crippen LogP contribution in [0.3, 0.4) is 0 Å². The number of rotatable bonds is 2. The van der Waals surface area contributed by atoms with E-state index in [4.69, 9.17) is 0 Å². The average Bonchev–Trinajstić information content (AvgIpc) is 2.53. The van der Waals surface area contributed by atoms with Crippen LogP contribution < -0.4 is 0 Å². The van der Waals surface area contributed by atoms with Crippen molar-refractivity contribution in [2.24, 2.45) is 17.3 Å². The molecule has 0 radical (unpaired) electrons. The van der Waals surface area contributed by atoms with E-state index in [9.17, 15) is 19.5 Å². The molecule has 0 bridgehead atoms. The fourth-order valence-corrected chi connectivity index (χ4v) is 2.95. The van der Waals surface area contributed by atoms with E-state index in [2.05, 4.69) is 0 Å². The summed E-state index contributed by atoms with van der Waals surface area (Å²) in [6.07, 6.45) is 4.84. The molecule has 5 nitrogen and oxygen atoms in total. The Bertz CT molecular complexity index is 435. The van der Waals surface area contributed by atoms with Crippen LogP contribution in [0.1, 0.15) is 33.6 Å². The van der Waals surface area contributed by atoms with E-state index in [-0.39, 0.29) is 23.7 Å². The van der Waals surface area contributed by atoms with Crippen molar-refractivity contribution < 1.29 is 19.5 Å². The molecule has 0 spiro atoms. The minimum atomic E-state index is -1.12. The van der Waals surface area contributed by atoms with Gasteiger partial charge in [-0.15, -0.1) is 0 Å². The number of aliphatic carboxylic acids is 1. The highest BCUT2D eigenvalue weighted by atomic mass is 16.4. The SMILES string of the molecule is CC(C)(C)C(C(=O)O)N1C(=O)C2CC=CCC2C1=O. The van der Waals surface area contributed by atoms with Crippen LogP contribution in [0.5, 0.6) is 0 Å². The molecule has 0 saturated carbocycles. The molecule has 0 aromatic heterocycles. The lowest BCUT2D eigenvalue weighted by molar-refractivity contribution is -0.159. The Morgan fingerprint density at radius 3 is 1.95 bits per heavy atom. The summed E-state index contributed by atoms with van der Waals surface area (Å²) >= 11 is 0. The van der Waals surface area contributed by atoms with Crippen LogP contribution in [0.2, 0.25) is 0 Å². The van der Waals surface area contributed by atoms with E-state index in [0.717, 1.165) is 4.90 Å². The monoisotopic (exact) mass is 265 g/mol. The van der Waals surface area contributed by atoms with Crippen LogP contribution in [-0.4, -0.2) is 33.8 Å². The number of fused-ring (bicyclic) bond motifs is 1. The van der Waals surface area contributed by atoms with Gasteiger partial charge in [-0.25, -0.2) is 4.79 Å². The summed E-state index contributed by atoms with van der Waals surface area (Å²) < 4.78 is 0. The fraction of sp³-hybridized carbons (Fsp3) is 0.643. The van der Waals surface area contributed by atoms with Crippen molar-refractivity contribution in [1.29, 1.82) is 0 Å². The van der Waals surface area contributed by atoms with Crippen LogP contribution in [-0.2, 0) is 14.4 Å². The van der Waals surface area contributed by atoms with Gasteiger partial charge in [0.2, 0.25) is 11.8 Å². The van der Waals surface area contributed by atoms with Crippen LogP contribution in [0.15, 0.2) is 12.2 Å². The third-order valence-electron chi connectivity index (χ3n) is 3.85. The van der Waals surface area contributed by atoms with Crippen molar-refractivity contribution in [3.8, 4) is 0 Å². The van der Waals surface area contributed by atoms with Gasteiger partial charge in [-0.05, 0) is 18.3 Å². The van der Waals surface area contributed by atoms with Crippen molar-refractivity contribution in [2.75, 3.05) is 0 Å². The fourth-order valence-electron chi connectivity index (χ4n) is 2.95. The molecule has 0 aromatic rings. The van der Waals surface area contributed by atoms with Gasteiger partial charge in [0.25, 0.3) is 0 Å². The molecule has 1 saturated heterocycles. The highest BCUT2D eigenvalue weighted by Gasteiger charge is 2.53. The minimum absolute atomic E-state index is 0.332. The van der Waals surface area contributed by atoms with Crippen LogP contribution in [0.4, 0.5) is 0 Å². The summed E-state index contributed by atoms with van der Waals surface area (Å²) in [5.41, 5.74) is -0.682. The molecule has 3 unspecified atom stereocenters. The zero-order valence-corrected chi connectivity index (χ0v) is 11.4. The van der Waals surface area contributed by atoms with Gasteiger partial charge in [0.05, 0.1) is 11.8 Å². The molecule has 3 atom stereocenters. The van der Waals surface area contributed by atoms with Gasteiger partial charge < -0.3 is 5.11 Å². The zero-order chi connectivity index (χ0) is 14.4. The highest BCUT2D eigenvalue weighted by molar-refractivity contribution is 6.08. The zero-order valence-electron chi connectivity index (χ0n) is 11.4. The molecule has 19 heavy (non-hydrogen) atoms. The van der Waals surface area contributed by atoms with Crippen LogP contribution in [0, 0.1) is 17.3 Å². The Hall–Kier alpha value is -1.65. The number of amides is 2. The smallest absolute Gasteiger partial charge is 0.327 e. The molecular formula is C14H19NO4. The Morgan fingerprint density at radius 2 is 1.63 bits per heavy atom. The topological polar surface area (TPSA) is 74.7 Å². The van der Waals surface area contributed by atoms with E-state index >= 15 is 0 Å². The van der Waals surface area contributed by atoms with Gasteiger partial charge in [-0.2, -0.15) is 0 Å². The number of allylic oxidation sites excluding steroid dienone is 2. The Labute approximate surface area is 112 Å². The molecule has 1 heterocycles. The molecule has 2 aliphatic rings. The molecule has 1 fully saturated rings. The normalized spacial score (nSPS) is 28.5. The molecular weight excluding hydrogens is 246 g/mol. The molecule has 1 aliphatic carbocycles. The van der Waals surface area contributed by atoms with Crippen LogP contribution in [0.25, 0.3) is 0 Å². The molecule has 1 N–H and O–H groups in total. The van der Waals surface area contributed by atoms with E-state index in [1.807, 2.05) is 12.2 Å². The first-order chi connectivity index (χ1) is 8.75.